The summed E-state index contributed by atoms with van der Waals surface area (Å²) in [4.78, 5) is 35.3. The molecule has 1 heterocycles. The molecule has 1 aromatic carbocycles. The summed E-state index contributed by atoms with van der Waals surface area (Å²) in [6.45, 7) is 0.236. The fourth-order valence-corrected chi connectivity index (χ4v) is 3.01. The van der Waals surface area contributed by atoms with E-state index in [0.717, 1.165) is 0 Å². The summed E-state index contributed by atoms with van der Waals surface area (Å²) >= 11 is 0. The highest BCUT2D eigenvalue weighted by atomic mass is 19.1. The van der Waals surface area contributed by atoms with Crippen LogP contribution in [0.25, 0.3) is 6.08 Å². The minimum atomic E-state index is -1.63. The van der Waals surface area contributed by atoms with Gasteiger partial charge in [-0.3, -0.25) is 9.59 Å². The summed E-state index contributed by atoms with van der Waals surface area (Å²) < 4.78 is 19.8. The molecule has 0 atom stereocenters. The molecule has 0 saturated carbocycles. The molecule has 0 aliphatic heterocycles. The smallest absolute Gasteiger partial charge is 0.449 e. The van der Waals surface area contributed by atoms with Crippen LogP contribution in [-0.2, 0) is 13.0 Å². The molecule has 2 aromatic rings. The van der Waals surface area contributed by atoms with Gasteiger partial charge in [-0.05, 0) is 18.9 Å². The van der Waals surface area contributed by atoms with E-state index in [-0.39, 0.29) is 30.1 Å². The van der Waals surface area contributed by atoms with E-state index >= 15 is 0 Å². The molecule has 1 aromatic heterocycles. The van der Waals surface area contributed by atoms with Gasteiger partial charge in [-0.25, -0.2) is 9.18 Å². The van der Waals surface area contributed by atoms with Crippen molar-refractivity contribution in [3.63, 3.8) is 0 Å². The highest BCUT2D eigenvalue weighted by Gasteiger charge is 2.26. The van der Waals surface area contributed by atoms with Crippen molar-refractivity contribution in [2.75, 3.05) is 0 Å². The molecule has 6 nitrogen and oxygen atoms in total. The van der Waals surface area contributed by atoms with Gasteiger partial charge in [0, 0.05) is 24.2 Å². The van der Waals surface area contributed by atoms with Crippen molar-refractivity contribution in [2.45, 2.75) is 25.8 Å². The van der Waals surface area contributed by atoms with Crippen LogP contribution < -0.4 is 10.2 Å². The number of pyridine rings is 1. The first kappa shape index (κ1) is 17.6. The lowest BCUT2D eigenvalue weighted by Gasteiger charge is -2.20. The predicted octanol–water partition coefficient (Wildman–Crippen LogP) is 3.28. The summed E-state index contributed by atoms with van der Waals surface area (Å²) in [5, 5.41) is 8.80. The molecule has 1 N–H and O–H groups in total. The number of fused-ring (bicyclic) bond motifs is 1. The molecule has 1 aliphatic rings. The molecule has 3 rings (SSSR count). The number of carbonyl (C=O) groups is 2. The van der Waals surface area contributed by atoms with Gasteiger partial charge in [-0.15, -0.1) is 0 Å². The number of hydrogen-bond donors (Lipinski definition) is 1. The molecule has 0 radical (unpaired) electrons. The number of halogens is 1. The maximum atomic E-state index is 13.7. The van der Waals surface area contributed by atoms with Gasteiger partial charge < -0.3 is 14.4 Å². The van der Waals surface area contributed by atoms with E-state index in [2.05, 4.69) is 4.74 Å². The predicted molar refractivity (Wildman–Crippen MR) is 92.1 cm³/mol. The monoisotopic (exact) mass is 357 g/mol. The number of ether oxygens (including phenoxy) is 1. The Hall–Kier alpha value is -3.22. The largest absolute Gasteiger partial charge is 0.511 e. The van der Waals surface area contributed by atoms with Crippen molar-refractivity contribution in [3.05, 3.63) is 69.4 Å². The maximum Gasteiger partial charge on any atom is 0.511 e. The Kier molecular flexibility index (Phi) is 4.97. The summed E-state index contributed by atoms with van der Waals surface area (Å²) in [6, 6.07) is 6.26. The minimum Gasteiger partial charge on any atom is -0.449 e. The van der Waals surface area contributed by atoms with Gasteiger partial charge in [0.1, 0.15) is 5.82 Å². The van der Waals surface area contributed by atoms with Gasteiger partial charge in [0.2, 0.25) is 5.43 Å². The Labute approximate surface area is 148 Å². The third kappa shape index (κ3) is 3.56. The van der Waals surface area contributed by atoms with E-state index in [1.807, 2.05) is 0 Å². The molecular formula is C19H16FNO5. The highest BCUT2D eigenvalue weighted by molar-refractivity contribution is 5.98. The Morgan fingerprint density at radius 1 is 1.27 bits per heavy atom. The van der Waals surface area contributed by atoms with Crippen LogP contribution >= 0.6 is 0 Å². The van der Waals surface area contributed by atoms with Crippen LogP contribution in [-0.4, -0.2) is 21.6 Å². The van der Waals surface area contributed by atoms with Crippen molar-refractivity contribution in [1.29, 1.82) is 0 Å². The second-order valence-electron chi connectivity index (χ2n) is 5.87. The van der Waals surface area contributed by atoms with Crippen molar-refractivity contribution in [1.82, 2.24) is 4.57 Å². The van der Waals surface area contributed by atoms with Crippen LogP contribution in [0.2, 0.25) is 0 Å². The van der Waals surface area contributed by atoms with Crippen LogP contribution in [0.4, 0.5) is 9.18 Å². The number of hydrogen-bond acceptors (Lipinski definition) is 4. The molecule has 0 bridgehead atoms. The number of carboxylic acid groups (broad SMARTS) is 1. The van der Waals surface area contributed by atoms with Gasteiger partial charge in [-0.1, -0.05) is 30.4 Å². The average Bonchev–Trinajstić information content (AvgIpc) is 2.60. The molecule has 0 spiro atoms. The van der Waals surface area contributed by atoms with Crippen LogP contribution in [0.1, 0.15) is 34.5 Å². The van der Waals surface area contributed by atoms with Gasteiger partial charge in [0.25, 0.3) is 0 Å². The number of benzene rings is 1. The zero-order chi connectivity index (χ0) is 18.7. The molecule has 0 fully saturated rings. The van der Waals surface area contributed by atoms with Crippen molar-refractivity contribution in [2.24, 2.45) is 0 Å². The third-order valence-electron chi connectivity index (χ3n) is 4.16. The highest BCUT2D eigenvalue weighted by Crippen LogP contribution is 2.22. The molecule has 0 saturated heterocycles. The number of aromatic nitrogens is 1. The molecule has 26 heavy (non-hydrogen) atoms. The van der Waals surface area contributed by atoms with Gasteiger partial charge in [0.15, 0.2) is 11.5 Å². The van der Waals surface area contributed by atoms with Gasteiger partial charge in [0.05, 0.1) is 11.8 Å². The number of nitrogens with zero attached hydrogens (tertiary/aromatic N) is 1. The topological polar surface area (TPSA) is 85.6 Å². The second-order valence-corrected chi connectivity index (χ2v) is 5.87. The van der Waals surface area contributed by atoms with E-state index in [9.17, 15) is 18.8 Å². The standard InChI is InChI=1S/C19H16FNO5/c20-13-7-2-1-5-12(13)6-4-10-21-11-16(26-19(24)25)18(23)17-14(21)8-3-9-15(17)22/h1-2,4-7,11H,3,8-10H2,(H,24,25)/b6-4-. The van der Waals surface area contributed by atoms with Crippen LogP contribution in [0, 0.1) is 5.82 Å². The molecule has 7 heteroatoms. The third-order valence-corrected chi connectivity index (χ3v) is 4.16. The molecule has 0 unspecified atom stereocenters. The first-order valence-electron chi connectivity index (χ1n) is 8.08. The van der Waals surface area contributed by atoms with E-state index in [1.54, 1.807) is 34.9 Å². The van der Waals surface area contributed by atoms with Crippen LogP contribution in [0.3, 0.4) is 0 Å². The average molecular weight is 357 g/mol. The summed E-state index contributed by atoms with van der Waals surface area (Å²) in [5.41, 5.74) is 0.221. The summed E-state index contributed by atoms with van der Waals surface area (Å²) in [7, 11) is 0. The lowest BCUT2D eigenvalue weighted by atomic mass is 9.94. The first-order valence-corrected chi connectivity index (χ1v) is 8.08. The maximum absolute atomic E-state index is 13.7. The van der Waals surface area contributed by atoms with Crippen molar-refractivity contribution in [3.8, 4) is 5.75 Å². The number of ketones is 1. The Balaban J connectivity index is 1.99. The quantitative estimate of drug-likeness (QED) is 0.849. The van der Waals surface area contributed by atoms with E-state index < -0.39 is 17.3 Å². The lowest BCUT2D eigenvalue weighted by molar-refractivity contribution is 0.0967. The van der Waals surface area contributed by atoms with E-state index in [0.29, 0.717) is 24.1 Å². The molecular weight excluding hydrogens is 341 g/mol. The fraction of sp³-hybridized carbons (Fsp3) is 0.211. The normalized spacial score (nSPS) is 13.7. The van der Waals surface area contributed by atoms with Crippen LogP contribution in [0.15, 0.2) is 41.3 Å². The SMILES string of the molecule is O=C(O)Oc1cn(C/C=C\c2ccccc2F)c2c(c1=O)C(=O)CCC2. The Morgan fingerprint density at radius 2 is 2.04 bits per heavy atom. The summed E-state index contributed by atoms with van der Waals surface area (Å²) in [5.74, 6) is -1.10. The van der Waals surface area contributed by atoms with Crippen molar-refractivity contribution < 1.29 is 23.8 Å². The zero-order valence-corrected chi connectivity index (χ0v) is 13.8. The number of Topliss-reactive ketones (excluding diaryl/α,β-unsaturated/α-hetero) is 1. The number of rotatable bonds is 4. The minimum absolute atomic E-state index is 0.0192. The number of allylic oxidation sites excluding steroid dienone is 1. The summed E-state index contributed by atoms with van der Waals surface area (Å²) in [6.07, 6.45) is 4.29. The Morgan fingerprint density at radius 3 is 2.77 bits per heavy atom. The van der Waals surface area contributed by atoms with E-state index in [4.69, 9.17) is 5.11 Å². The lowest BCUT2D eigenvalue weighted by Crippen LogP contribution is -2.28. The van der Waals surface area contributed by atoms with Crippen LogP contribution in [0.5, 0.6) is 5.75 Å². The Bertz CT molecular complexity index is 961. The molecule has 134 valence electrons. The fourth-order valence-electron chi connectivity index (χ4n) is 3.01. The zero-order valence-electron chi connectivity index (χ0n) is 13.8. The number of carbonyl (C=O) groups excluding carboxylic acids is 1. The second kappa shape index (κ2) is 7.35. The van der Waals surface area contributed by atoms with Gasteiger partial charge in [-0.2, -0.15) is 0 Å². The molecule has 0 amide bonds. The first-order chi connectivity index (χ1) is 12.5. The molecule has 1 aliphatic carbocycles. The van der Waals surface area contributed by atoms with Crippen molar-refractivity contribution >= 4 is 18.0 Å². The van der Waals surface area contributed by atoms with Gasteiger partial charge >= 0.3 is 6.16 Å². The van der Waals surface area contributed by atoms with E-state index in [1.165, 1.54) is 12.3 Å².